The maximum Gasteiger partial charge on any atom is 0.323 e. The molecule has 0 atom stereocenters. The highest BCUT2D eigenvalue weighted by molar-refractivity contribution is 9.10. The molecule has 0 saturated carbocycles. The predicted molar refractivity (Wildman–Crippen MR) is 58.0 cm³/mol. The number of rotatable bonds is 2. The smallest absolute Gasteiger partial charge is 0.323 e. The quantitative estimate of drug-likeness (QED) is 0.768. The Balaban J connectivity index is 2.60. The summed E-state index contributed by atoms with van der Waals surface area (Å²) in [6.07, 6.45) is -0.0796. The number of aliphatic carboxylic acids is 1. The van der Waals surface area contributed by atoms with Crippen molar-refractivity contribution in [1.82, 2.24) is 9.97 Å². The summed E-state index contributed by atoms with van der Waals surface area (Å²) >= 11 is 3.26. The summed E-state index contributed by atoms with van der Waals surface area (Å²) in [7, 11) is 0. The highest BCUT2D eigenvalue weighted by atomic mass is 79.9. The van der Waals surface area contributed by atoms with Gasteiger partial charge >= 0.3 is 11.7 Å². The van der Waals surface area contributed by atoms with Crippen molar-refractivity contribution in [3.05, 3.63) is 32.7 Å². The van der Waals surface area contributed by atoms with Gasteiger partial charge in [-0.15, -0.1) is 0 Å². The standard InChI is InChI=1S/C9H7BrN2O3/c10-5-3-7-6(11-9(15)12-7)1-4(5)2-8(13)14/h1,3H,2H2,(H,13,14)(H2,11,12,15). The van der Waals surface area contributed by atoms with Gasteiger partial charge in [-0.1, -0.05) is 15.9 Å². The van der Waals surface area contributed by atoms with Crippen molar-refractivity contribution >= 4 is 32.9 Å². The number of carbonyl (C=O) groups is 1. The third kappa shape index (κ3) is 1.94. The van der Waals surface area contributed by atoms with E-state index in [9.17, 15) is 9.59 Å². The summed E-state index contributed by atoms with van der Waals surface area (Å²) in [5, 5.41) is 8.67. The molecule has 0 amide bonds. The number of halogens is 1. The molecule has 2 aromatic rings. The molecule has 0 spiro atoms. The minimum absolute atomic E-state index is 0.0796. The number of aromatic nitrogens is 2. The monoisotopic (exact) mass is 270 g/mol. The van der Waals surface area contributed by atoms with Gasteiger partial charge < -0.3 is 15.1 Å². The second kappa shape index (κ2) is 3.54. The molecular formula is C9H7BrN2O3. The lowest BCUT2D eigenvalue weighted by Gasteiger charge is -2.00. The third-order valence-electron chi connectivity index (χ3n) is 2.02. The molecule has 15 heavy (non-hydrogen) atoms. The summed E-state index contributed by atoms with van der Waals surface area (Å²) in [6.45, 7) is 0. The van der Waals surface area contributed by atoms with E-state index in [0.29, 0.717) is 21.1 Å². The van der Waals surface area contributed by atoms with Crippen LogP contribution < -0.4 is 5.69 Å². The maximum absolute atomic E-state index is 11.0. The summed E-state index contributed by atoms with van der Waals surface area (Å²) in [4.78, 5) is 26.7. The number of nitrogens with one attached hydrogen (secondary N) is 2. The molecule has 2 rings (SSSR count). The fourth-order valence-electron chi connectivity index (χ4n) is 1.40. The average Bonchev–Trinajstić information content (AvgIpc) is 2.44. The molecule has 6 heteroatoms. The van der Waals surface area contributed by atoms with Crippen molar-refractivity contribution in [1.29, 1.82) is 0 Å². The van der Waals surface area contributed by atoms with E-state index in [0.717, 1.165) is 0 Å². The second-order valence-corrected chi connectivity index (χ2v) is 3.99. The molecule has 5 nitrogen and oxygen atoms in total. The van der Waals surface area contributed by atoms with Gasteiger partial charge in [-0.25, -0.2) is 4.79 Å². The Morgan fingerprint density at radius 3 is 2.53 bits per heavy atom. The lowest BCUT2D eigenvalue weighted by Crippen LogP contribution is -2.00. The van der Waals surface area contributed by atoms with Gasteiger partial charge in [0.15, 0.2) is 0 Å². The Hall–Kier alpha value is -1.56. The first kappa shape index (κ1) is 9.97. The van der Waals surface area contributed by atoms with E-state index in [1.165, 1.54) is 0 Å². The number of imidazole rings is 1. The van der Waals surface area contributed by atoms with Gasteiger partial charge in [0.1, 0.15) is 0 Å². The summed E-state index contributed by atoms with van der Waals surface area (Å²) in [6, 6.07) is 3.33. The van der Waals surface area contributed by atoms with E-state index in [1.54, 1.807) is 12.1 Å². The zero-order valence-corrected chi connectivity index (χ0v) is 9.09. The molecule has 0 bridgehead atoms. The molecule has 3 N–H and O–H groups in total. The van der Waals surface area contributed by atoms with Crippen LogP contribution in [0.3, 0.4) is 0 Å². The molecule has 0 aliphatic carbocycles. The first-order valence-corrected chi connectivity index (χ1v) is 4.98. The van der Waals surface area contributed by atoms with Crippen LogP contribution in [-0.4, -0.2) is 21.0 Å². The Kier molecular flexibility index (Phi) is 2.36. The van der Waals surface area contributed by atoms with Crippen LogP contribution in [0, 0.1) is 0 Å². The van der Waals surface area contributed by atoms with Gasteiger partial charge in [0.25, 0.3) is 0 Å². The van der Waals surface area contributed by atoms with E-state index < -0.39 is 5.97 Å². The Morgan fingerprint density at radius 2 is 1.93 bits per heavy atom. The Morgan fingerprint density at radius 1 is 1.33 bits per heavy atom. The van der Waals surface area contributed by atoms with Crippen molar-refractivity contribution in [2.45, 2.75) is 6.42 Å². The van der Waals surface area contributed by atoms with Gasteiger partial charge in [0.2, 0.25) is 0 Å². The van der Waals surface area contributed by atoms with Crippen molar-refractivity contribution in [2.75, 3.05) is 0 Å². The van der Waals surface area contributed by atoms with Gasteiger partial charge in [0, 0.05) is 4.47 Å². The van der Waals surface area contributed by atoms with Crippen LogP contribution in [0.1, 0.15) is 5.56 Å². The van der Waals surface area contributed by atoms with Crippen LogP contribution in [0.4, 0.5) is 0 Å². The van der Waals surface area contributed by atoms with Crippen LogP contribution in [0.2, 0.25) is 0 Å². The third-order valence-corrected chi connectivity index (χ3v) is 2.76. The number of carboxylic acids is 1. The van der Waals surface area contributed by atoms with E-state index in [-0.39, 0.29) is 12.1 Å². The number of benzene rings is 1. The van der Waals surface area contributed by atoms with Crippen LogP contribution in [-0.2, 0) is 11.2 Å². The molecule has 0 aliphatic heterocycles. The lowest BCUT2D eigenvalue weighted by molar-refractivity contribution is -0.136. The fraction of sp³-hybridized carbons (Fsp3) is 0.111. The highest BCUT2D eigenvalue weighted by Gasteiger charge is 2.08. The highest BCUT2D eigenvalue weighted by Crippen LogP contribution is 2.22. The number of hydrogen-bond acceptors (Lipinski definition) is 2. The van der Waals surface area contributed by atoms with Crippen molar-refractivity contribution in [3.63, 3.8) is 0 Å². The minimum atomic E-state index is -0.909. The van der Waals surface area contributed by atoms with Crippen molar-refractivity contribution in [2.24, 2.45) is 0 Å². The minimum Gasteiger partial charge on any atom is -0.481 e. The number of aromatic amines is 2. The maximum atomic E-state index is 11.0. The van der Waals surface area contributed by atoms with E-state index in [2.05, 4.69) is 25.9 Å². The summed E-state index contributed by atoms with van der Waals surface area (Å²) in [5.41, 5.74) is 1.59. The molecular weight excluding hydrogens is 264 g/mol. The van der Waals surface area contributed by atoms with Crippen LogP contribution >= 0.6 is 15.9 Å². The van der Waals surface area contributed by atoms with Gasteiger partial charge in [0.05, 0.1) is 17.5 Å². The number of hydrogen-bond donors (Lipinski definition) is 3. The van der Waals surface area contributed by atoms with Gasteiger partial charge in [-0.3, -0.25) is 4.79 Å². The molecule has 0 unspecified atom stereocenters. The normalized spacial score (nSPS) is 10.7. The van der Waals surface area contributed by atoms with Crippen LogP contribution in [0.5, 0.6) is 0 Å². The molecule has 1 aromatic carbocycles. The second-order valence-electron chi connectivity index (χ2n) is 3.14. The van der Waals surface area contributed by atoms with Crippen LogP contribution in [0.25, 0.3) is 11.0 Å². The molecule has 0 saturated heterocycles. The SMILES string of the molecule is O=C(O)Cc1cc2[nH]c(=O)[nH]c2cc1Br. The van der Waals surface area contributed by atoms with Crippen LogP contribution in [0.15, 0.2) is 21.4 Å². The van der Waals surface area contributed by atoms with E-state index in [1.807, 2.05) is 0 Å². The zero-order chi connectivity index (χ0) is 11.0. The lowest BCUT2D eigenvalue weighted by atomic mass is 10.1. The van der Waals surface area contributed by atoms with Gasteiger partial charge in [-0.2, -0.15) is 0 Å². The largest absolute Gasteiger partial charge is 0.481 e. The fourth-order valence-corrected chi connectivity index (χ4v) is 1.88. The van der Waals surface area contributed by atoms with E-state index in [4.69, 9.17) is 5.11 Å². The Labute approximate surface area is 92.3 Å². The average molecular weight is 271 g/mol. The number of fused-ring (bicyclic) bond motifs is 1. The molecule has 0 aliphatic rings. The molecule has 0 radical (unpaired) electrons. The Bertz CT molecular complexity index is 585. The first-order chi connectivity index (χ1) is 7.06. The summed E-state index contributed by atoms with van der Waals surface area (Å²) in [5.74, 6) is -0.909. The number of H-pyrrole nitrogens is 2. The predicted octanol–water partition coefficient (Wildman–Crippen LogP) is 1.25. The van der Waals surface area contributed by atoms with Crippen molar-refractivity contribution < 1.29 is 9.90 Å². The molecule has 1 aromatic heterocycles. The molecule has 78 valence electrons. The zero-order valence-electron chi connectivity index (χ0n) is 7.50. The molecule has 0 fully saturated rings. The van der Waals surface area contributed by atoms with Crippen molar-refractivity contribution in [3.8, 4) is 0 Å². The van der Waals surface area contributed by atoms with E-state index >= 15 is 0 Å². The summed E-state index contributed by atoms with van der Waals surface area (Å²) < 4.78 is 0.674. The van der Waals surface area contributed by atoms with Gasteiger partial charge in [-0.05, 0) is 17.7 Å². The topological polar surface area (TPSA) is 85.9 Å². The molecule has 1 heterocycles. The number of carboxylic acid groups (broad SMARTS) is 1. The first-order valence-electron chi connectivity index (χ1n) is 4.18.